The molecule has 0 unspecified atom stereocenters. The zero-order valence-corrected chi connectivity index (χ0v) is 18.0. The van der Waals surface area contributed by atoms with E-state index >= 15 is 0 Å². The predicted octanol–water partition coefficient (Wildman–Crippen LogP) is 3.07. The predicted molar refractivity (Wildman–Crippen MR) is 120 cm³/mol. The van der Waals surface area contributed by atoms with Crippen molar-refractivity contribution in [1.82, 2.24) is 10.2 Å². The molecule has 166 valence electrons. The smallest absolute Gasteiger partial charge is 0.238 e. The molecule has 0 aliphatic carbocycles. The molecule has 2 N–H and O–H groups in total. The summed E-state index contributed by atoms with van der Waals surface area (Å²) in [5.41, 5.74) is 0.811. The first kappa shape index (κ1) is 22.6. The van der Waals surface area contributed by atoms with Crippen LogP contribution in [0.4, 0.5) is 5.69 Å². The van der Waals surface area contributed by atoms with E-state index in [4.69, 9.17) is 9.47 Å². The highest BCUT2D eigenvalue weighted by Crippen LogP contribution is 2.17. The number of anilines is 1. The van der Waals surface area contributed by atoms with E-state index in [2.05, 4.69) is 15.5 Å². The molecule has 1 aliphatic rings. The molecule has 2 aromatic rings. The number of likely N-dealkylation sites (tertiary alicyclic amines) is 1. The van der Waals surface area contributed by atoms with Gasteiger partial charge in [-0.3, -0.25) is 14.5 Å². The standard InChI is InChI=1S/C24H31N3O4/c1-30-21-9-11-22(12-10-21)31-17-5-8-23(28)25-20-13-15-27(16-14-20)18-24(29)26-19-6-3-2-4-7-19/h2-4,6-7,9-12,20H,5,8,13-18H2,1H3,(H,25,28)(H,26,29). The maximum atomic E-state index is 12.2. The van der Waals surface area contributed by atoms with Crippen LogP contribution in [0.1, 0.15) is 25.7 Å². The molecule has 7 nitrogen and oxygen atoms in total. The highest BCUT2D eigenvalue weighted by atomic mass is 16.5. The summed E-state index contributed by atoms with van der Waals surface area (Å²) in [5, 5.41) is 6.02. The Morgan fingerprint density at radius 2 is 1.65 bits per heavy atom. The van der Waals surface area contributed by atoms with Crippen LogP contribution in [0.15, 0.2) is 54.6 Å². The summed E-state index contributed by atoms with van der Waals surface area (Å²) in [6, 6.07) is 17.0. The van der Waals surface area contributed by atoms with Crippen LogP contribution in [-0.2, 0) is 9.59 Å². The number of benzene rings is 2. The summed E-state index contributed by atoms with van der Waals surface area (Å²) in [5.74, 6) is 1.60. The Kier molecular flexibility index (Phi) is 8.72. The number of rotatable bonds is 10. The average molecular weight is 426 g/mol. The van der Waals surface area contributed by atoms with Crippen molar-refractivity contribution in [2.24, 2.45) is 0 Å². The first-order valence-electron chi connectivity index (χ1n) is 10.8. The fourth-order valence-corrected chi connectivity index (χ4v) is 3.56. The van der Waals surface area contributed by atoms with Gasteiger partial charge in [0.05, 0.1) is 20.3 Å². The van der Waals surface area contributed by atoms with E-state index in [1.54, 1.807) is 7.11 Å². The number of nitrogens with zero attached hydrogens (tertiary/aromatic N) is 1. The van der Waals surface area contributed by atoms with Crippen molar-refractivity contribution in [1.29, 1.82) is 0 Å². The number of hydrogen-bond acceptors (Lipinski definition) is 5. The van der Waals surface area contributed by atoms with Crippen LogP contribution in [-0.4, -0.2) is 56.1 Å². The van der Waals surface area contributed by atoms with Crippen molar-refractivity contribution in [3.8, 4) is 11.5 Å². The van der Waals surface area contributed by atoms with E-state index in [1.165, 1.54) is 0 Å². The lowest BCUT2D eigenvalue weighted by Gasteiger charge is -2.31. The fraction of sp³-hybridized carbons (Fsp3) is 0.417. The summed E-state index contributed by atoms with van der Waals surface area (Å²) < 4.78 is 10.8. The van der Waals surface area contributed by atoms with Crippen LogP contribution in [0.5, 0.6) is 11.5 Å². The van der Waals surface area contributed by atoms with Crippen LogP contribution in [0.25, 0.3) is 0 Å². The maximum absolute atomic E-state index is 12.2. The Morgan fingerprint density at radius 1 is 0.968 bits per heavy atom. The van der Waals surface area contributed by atoms with E-state index in [9.17, 15) is 9.59 Å². The second kappa shape index (κ2) is 12.0. The second-order valence-corrected chi connectivity index (χ2v) is 7.66. The van der Waals surface area contributed by atoms with Gasteiger partial charge < -0.3 is 20.1 Å². The summed E-state index contributed by atoms with van der Waals surface area (Å²) in [6.45, 7) is 2.47. The number of carbonyl (C=O) groups excluding carboxylic acids is 2. The number of ether oxygens (including phenoxy) is 2. The van der Waals surface area contributed by atoms with Gasteiger partial charge in [-0.25, -0.2) is 0 Å². The normalized spacial score (nSPS) is 14.6. The van der Waals surface area contributed by atoms with Gasteiger partial charge in [0.1, 0.15) is 11.5 Å². The molecule has 0 aromatic heterocycles. The second-order valence-electron chi connectivity index (χ2n) is 7.66. The number of methoxy groups -OCH3 is 1. The topological polar surface area (TPSA) is 79.9 Å². The lowest BCUT2D eigenvalue weighted by molar-refractivity contribution is -0.123. The third-order valence-corrected chi connectivity index (χ3v) is 5.25. The Labute approximate surface area is 183 Å². The highest BCUT2D eigenvalue weighted by molar-refractivity contribution is 5.92. The zero-order chi connectivity index (χ0) is 21.9. The lowest BCUT2D eigenvalue weighted by Crippen LogP contribution is -2.46. The summed E-state index contributed by atoms with van der Waals surface area (Å²) in [4.78, 5) is 26.5. The van der Waals surface area contributed by atoms with Crippen LogP contribution >= 0.6 is 0 Å². The quantitative estimate of drug-likeness (QED) is 0.572. The fourth-order valence-electron chi connectivity index (χ4n) is 3.56. The van der Waals surface area contributed by atoms with Gasteiger partial charge in [0.15, 0.2) is 0 Å². The molecule has 3 rings (SSSR count). The number of para-hydroxylation sites is 1. The number of carbonyl (C=O) groups is 2. The van der Waals surface area contributed by atoms with Crippen LogP contribution in [0.3, 0.4) is 0 Å². The van der Waals surface area contributed by atoms with Gasteiger partial charge in [0.2, 0.25) is 11.8 Å². The van der Waals surface area contributed by atoms with Gasteiger partial charge in [-0.05, 0) is 55.7 Å². The van der Waals surface area contributed by atoms with E-state index in [0.717, 1.165) is 43.1 Å². The lowest BCUT2D eigenvalue weighted by atomic mass is 10.0. The Morgan fingerprint density at radius 3 is 2.32 bits per heavy atom. The minimum Gasteiger partial charge on any atom is -0.497 e. The minimum absolute atomic E-state index is 0.00875. The van der Waals surface area contributed by atoms with Gasteiger partial charge >= 0.3 is 0 Å². The molecule has 0 saturated carbocycles. The van der Waals surface area contributed by atoms with Crippen molar-refractivity contribution < 1.29 is 19.1 Å². The summed E-state index contributed by atoms with van der Waals surface area (Å²) >= 11 is 0. The summed E-state index contributed by atoms with van der Waals surface area (Å²) in [7, 11) is 1.63. The zero-order valence-electron chi connectivity index (χ0n) is 18.0. The molecule has 31 heavy (non-hydrogen) atoms. The molecule has 2 amide bonds. The van der Waals surface area contributed by atoms with Crippen molar-refractivity contribution in [2.75, 3.05) is 38.7 Å². The number of hydrogen-bond donors (Lipinski definition) is 2. The molecule has 0 bridgehead atoms. The molecule has 0 radical (unpaired) electrons. The SMILES string of the molecule is COc1ccc(OCCCC(=O)NC2CCN(CC(=O)Nc3ccccc3)CC2)cc1. The maximum Gasteiger partial charge on any atom is 0.238 e. The van der Waals surface area contributed by atoms with E-state index < -0.39 is 0 Å². The van der Waals surface area contributed by atoms with Crippen LogP contribution in [0, 0.1) is 0 Å². The third-order valence-electron chi connectivity index (χ3n) is 5.25. The van der Waals surface area contributed by atoms with Gasteiger partial charge in [-0.2, -0.15) is 0 Å². The molecule has 0 spiro atoms. The van der Waals surface area contributed by atoms with Crippen molar-refractivity contribution in [3.05, 3.63) is 54.6 Å². The monoisotopic (exact) mass is 425 g/mol. The largest absolute Gasteiger partial charge is 0.497 e. The van der Waals surface area contributed by atoms with E-state index in [0.29, 0.717) is 26.0 Å². The first-order valence-corrected chi connectivity index (χ1v) is 10.8. The molecular formula is C24H31N3O4. The number of piperidine rings is 1. The van der Waals surface area contributed by atoms with Crippen molar-refractivity contribution >= 4 is 17.5 Å². The van der Waals surface area contributed by atoms with Crippen molar-refractivity contribution in [2.45, 2.75) is 31.7 Å². The van der Waals surface area contributed by atoms with Crippen LogP contribution in [0.2, 0.25) is 0 Å². The minimum atomic E-state index is -0.00875. The Bertz CT molecular complexity index is 818. The molecule has 1 aliphatic heterocycles. The van der Waals surface area contributed by atoms with Gasteiger partial charge in [-0.1, -0.05) is 18.2 Å². The Balaban J connectivity index is 1.26. The third kappa shape index (κ3) is 7.94. The molecule has 0 atom stereocenters. The van der Waals surface area contributed by atoms with Crippen LogP contribution < -0.4 is 20.1 Å². The molecule has 7 heteroatoms. The van der Waals surface area contributed by atoms with Gasteiger partial charge in [-0.15, -0.1) is 0 Å². The highest BCUT2D eigenvalue weighted by Gasteiger charge is 2.22. The van der Waals surface area contributed by atoms with Crippen molar-refractivity contribution in [3.63, 3.8) is 0 Å². The molecule has 1 heterocycles. The van der Waals surface area contributed by atoms with Gasteiger partial charge in [0.25, 0.3) is 0 Å². The number of nitrogens with one attached hydrogen (secondary N) is 2. The average Bonchev–Trinajstić information content (AvgIpc) is 2.79. The molecular weight excluding hydrogens is 394 g/mol. The van der Waals surface area contributed by atoms with E-state index in [1.807, 2.05) is 54.6 Å². The number of amides is 2. The molecule has 2 aromatic carbocycles. The van der Waals surface area contributed by atoms with Gasteiger partial charge in [0, 0.05) is 31.2 Å². The molecule has 1 fully saturated rings. The van der Waals surface area contributed by atoms with E-state index in [-0.39, 0.29) is 17.9 Å². The Hall–Kier alpha value is -3.06. The first-order chi connectivity index (χ1) is 15.1. The molecule has 1 saturated heterocycles. The summed E-state index contributed by atoms with van der Waals surface area (Å²) in [6.07, 6.45) is 2.81.